The Hall–Kier alpha value is -2.56. The molecule has 5 heteroatoms. The molecule has 1 atom stereocenters. The van der Waals surface area contributed by atoms with Crippen LogP contribution in [0.1, 0.15) is 27.7 Å². The van der Waals surface area contributed by atoms with Crippen LogP contribution in [0.3, 0.4) is 0 Å². The van der Waals surface area contributed by atoms with Crippen LogP contribution in [0.5, 0.6) is 5.75 Å². The molecule has 2 aromatic rings. The van der Waals surface area contributed by atoms with Gasteiger partial charge in [0.15, 0.2) is 0 Å². The molecule has 2 N–H and O–H groups in total. The number of fused-ring (bicyclic) bond motifs is 2. The van der Waals surface area contributed by atoms with E-state index in [9.17, 15) is 4.79 Å². The molecule has 2 aliphatic heterocycles. The van der Waals surface area contributed by atoms with Gasteiger partial charge in [0.05, 0.1) is 12.2 Å². The van der Waals surface area contributed by atoms with E-state index in [-0.39, 0.29) is 12.1 Å². The molecule has 0 fully saturated rings. The van der Waals surface area contributed by atoms with Crippen molar-refractivity contribution < 1.29 is 9.53 Å². The van der Waals surface area contributed by atoms with Gasteiger partial charge in [0.25, 0.3) is 5.91 Å². The van der Waals surface area contributed by atoms with E-state index in [0.717, 1.165) is 24.3 Å². The maximum Gasteiger partial charge on any atom is 0.256 e. The number of carbonyl (C=O) groups is 1. The van der Waals surface area contributed by atoms with Crippen LogP contribution >= 0.6 is 0 Å². The fourth-order valence-corrected chi connectivity index (χ4v) is 2.64. The summed E-state index contributed by atoms with van der Waals surface area (Å²) in [6.45, 7) is 0.730. The van der Waals surface area contributed by atoms with Gasteiger partial charge in [0, 0.05) is 12.6 Å². The van der Waals surface area contributed by atoms with Gasteiger partial charge >= 0.3 is 0 Å². The molecule has 5 nitrogen and oxygen atoms in total. The highest BCUT2D eigenvalue weighted by atomic mass is 16.5. The quantitative estimate of drug-likeness (QED) is 0.828. The molecule has 0 saturated carbocycles. The van der Waals surface area contributed by atoms with Crippen molar-refractivity contribution in [2.24, 2.45) is 0 Å². The molecule has 4 rings (SSSR count). The maximum absolute atomic E-state index is 12.1. The Morgan fingerprint density at radius 2 is 2.20 bits per heavy atom. The lowest BCUT2D eigenvalue weighted by molar-refractivity contribution is 0.0935. The normalized spacial score (nSPS) is 19.4. The van der Waals surface area contributed by atoms with Crippen molar-refractivity contribution in [3.05, 3.63) is 53.2 Å². The van der Waals surface area contributed by atoms with Crippen LogP contribution in [0.2, 0.25) is 0 Å². The molecule has 0 unspecified atom stereocenters. The van der Waals surface area contributed by atoms with Crippen molar-refractivity contribution in [3.8, 4) is 5.75 Å². The van der Waals surface area contributed by atoms with Crippen LogP contribution < -0.4 is 15.4 Å². The zero-order valence-corrected chi connectivity index (χ0v) is 10.7. The average Bonchev–Trinajstić information content (AvgIpc) is 2.94. The summed E-state index contributed by atoms with van der Waals surface area (Å²) >= 11 is 0. The highest BCUT2D eigenvalue weighted by Crippen LogP contribution is 2.30. The number of hydrogen-bond acceptors (Lipinski definition) is 4. The van der Waals surface area contributed by atoms with E-state index in [1.165, 1.54) is 5.56 Å². The highest BCUT2D eigenvalue weighted by Gasteiger charge is 2.26. The number of anilines is 1. The van der Waals surface area contributed by atoms with E-state index in [1.807, 2.05) is 12.1 Å². The molecule has 1 aromatic heterocycles. The number of benzene rings is 1. The van der Waals surface area contributed by atoms with Gasteiger partial charge in [-0.15, -0.1) is 0 Å². The van der Waals surface area contributed by atoms with Gasteiger partial charge in [-0.3, -0.25) is 4.79 Å². The zero-order chi connectivity index (χ0) is 13.5. The molecule has 100 valence electrons. The largest absolute Gasteiger partial charge is 0.493 e. The number of amides is 1. The van der Waals surface area contributed by atoms with E-state index < -0.39 is 0 Å². The third-order valence-electron chi connectivity index (χ3n) is 3.66. The van der Waals surface area contributed by atoms with Crippen molar-refractivity contribution in [3.63, 3.8) is 0 Å². The van der Waals surface area contributed by atoms with E-state index in [1.54, 1.807) is 18.3 Å². The first-order valence-corrected chi connectivity index (χ1v) is 6.59. The first-order valence-electron chi connectivity index (χ1n) is 6.59. The summed E-state index contributed by atoms with van der Waals surface area (Å²) in [6.07, 6.45) is 2.34. The minimum atomic E-state index is -0.254. The van der Waals surface area contributed by atoms with Crippen LogP contribution in [0.4, 0.5) is 5.82 Å². The second-order valence-electron chi connectivity index (χ2n) is 4.92. The Bertz CT molecular complexity index is 699. The molecular formula is C15H13N3O2. The van der Waals surface area contributed by atoms with Gasteiger partial charge in [0.1, 0.15) is 17.7 Å². The van der Waals surface area contributed by atoms with Crippen molar-refractivity contribution in [1.82, 2.24) is 10.3 Å². The summed E-state index contributed by atoms with van der Waals surface area (Å²) in [6, 6.07) is 9.52. The number of ether oxygens (including phenoxy) is 1. The Labute approximate surface area is 116 Å². The molecule has 0 bridgehead atoms. The van der Waals surface area contributed by atoms with Crippen LogP contribution in [-0.4, -0.2) is 17.5 Å². The van der Waals surface area contributed by atoms with E-state index in [0.29, 0.717) is 11.4 Å². The Kier molecular flexibility index (Phi) is 2.39. The monoisotopic (exact) mass is 267 g/mol. The van der Waals surface area contributed by atoms with Gasteiger partial charge < -0.3 is 15.4 Å². The van der Waals surface area contributed by atoms with Gasteiger partial charge in [-0.25, -0.2) is 4.98 Å². The lowest BCUT2D eigenvalue weighted by Crippen LogP contribution is -2.38. The fraction of sp³-hybridized carbons (Fsp3) is 0.200. The summed E-state index contributed by atoms with van der Waals surface area (Å²) in [5, 5.41) is 6.20. The fourth-order valence-electron chi connectivity index (χ4n) is 2.64. The van der Waals surface area contributed by atoms with Crippen molar-refractivity contribution >= 4 is 11.7 Å². The van der Waals surface area contributed by atoms with Gasteiger partial charge in [-0.05, 0) is 35.4 Å². The third-order valence-corrected chi connectivity index (χ3v) is 3.66. The standard InChI is InChI=1S/C15H13N3O2/c19-15-11-2-1-6-16-14(11)17-13(18-15)10-3-4-12-9(8-10)5-7-20-12/h1-4,6,8,13H,5,7H2,(H,16,17)(H,18,19)/t13-/m1/s1. The van der Waals surface area contributed by atoms with E-state index in [4.69, 9.17) is 4.74 Å². The second kappa shape index (κ2) is 4.23. The SMILES string of the molecule is O=C1N[C@H](c2ccc3c(c2)CCO3)Nc2ncccc21. The molecule has 0 saturated heterocycles. The van der Waals surface area contributed by atoms with E-state index in [2.05, 4.69) is 21.7 Å². The number of hydrogen-bond donors (Lipinski definition) is 2. The number of aromatic nitrogens is 1. The Morgan fingerprint density at radius 1 is 1.25 bits per heavy atom. The van der Waals surface area contributed by atoms with Crippen molar-refractivity contribution in [1.29, 1.82) is 0 Å². The first kappa shape index (κ1) is 11.3. The minimum absolute atomic E-state index is 0.103. The topological polar surface area (TPSA) is 63.2 Å². The van der Waals surface area contributed by atoms with Crippen LogP contribution in [0, 0.1) is 0 Å². The number of rotatable bonds is 1. The van der Waals surface area contributed by atoms with Gasteiger partial charge in [-0.1, -0.05) is 6.07 Å². The molecule has 1 amide bonds. The molecule has 20 heavy (non-hydrogen) atoms. The Balaban J connectivity index is 1.69. The number of nitrogens with zero attached hydrogens (tertiary/aromatic N) is 1. The van der Waals surface area contributed by atoms with Crippen LogP contribution in [0.25, 0.3) is 0 Å². The Morgan fingerprint density at radius 3 is 3.15 bits per heavy atom. The zero-order valence-electron chi connectivity index (χ0n) is 10.7. The highest BCUT2D eigenvalue weighted by molar-refractivity contribution is 6.00. The van der Waals surface area contributed by atoms with Crippen LogP contribution in [0.15, 0.2) is 36.5 Å². The number of carbonyl (C=O) groups excluding carboxylic acids is 1. The van der Waals surface area contributed by atoms with Crippen LogP contribution in [-0.2, 0) is 6.42 Å². The van der Waals surface area contributed by atoms with Gasteiger partial charge in [0.2, 0.25) is 0 Å². The molecule has 0 spiro atoms. The average molecular weight is 267 g/mol. The second-order valence-corrected chi connectivity index (χ2v) is 4.92. The predicted molar refractivity (Wildman–Crippen MR) is 73.7 cm³/mol. The summed E-state index contributed by atoms with van der Waals surface area (Å²) in [7, 11) is 0. The lowest BCUT2D eigenvalue weighted by Gasteiger charge is -2.27. The summed E-state index contributed by atoms with van der Waals surface area (Å²) in [4.78, 5) is 16.3. The molecule has 2 aliphatic rings. The number of pyridine rings is 1. The minimum Gasteiger partial charge on any atom is -0.493 e. The number of nitrogens with one attached hydrogen (secondary N) is 2. The molecule has 0 radical (unpaired) electrons. The predicted octanol–water partition coefficient (Wildman–Crippen LogP) is 1.87. The summed E-state index contributed by atoms with van der Waals surface area (Å²) < 4.78 is 5.50. The van der Waals surface area contributed by atoms with Crippen molar-refractivity contribution in [2.75, 3.05) is 11.9 Å². The third kappa shape index (κ3) is 1.71. The first-order chi connectivity index (χ1) is 9.81. The molecule has 1 aromatic carbocycles. The summed E-state index contributed by atoms with van der Waals surface area (Å²) in [5.41, 5.74) is 2.78. The molecular weight excluding hydrogens is 254 g/mol. The van der Waals surface area contributed by atoms with Gasteiger partial charge in [-0.2, -0.15) is 0 Å². The maximum atomic E-state index is 12.1. The molecule has 3 heterocycles. The lowest BCUT2D eigenvalue weighted by atomic mass is 10.0. The van der Waals surface area contributed by atoms with E-state index >= 15 is 0 Å². The summed E-state index contributed by atoms with van der Waals surface area (Å²) in [5.74, 6) is 1.46. The van der Waals surface area contributed by atoms with Crippen molar-refractivity contribution in [2.45, 2.75) is 12.6 Å². The smallest absolute Gasteiger partial charge is 0.256 e. The molecule has 0 aliphatic carbocycles.